The second kappa shape index (κ2) is 10.7. The van der Waals surface area contributed by atoms with Crippen molar-refractivity contribution >= 4 is 28.6 Å². The molecule has 1 aromatic heterocycles. The van der Waals surface area contributed by atoms with Crippen LogP contribution in [-0.4, -0.2) is 51.9 Å². The highest BCUT2D eigenvalue weighted by Gasteiger charge is 2.24. The standard InChI is InChI=1S/C27H31N3O3S/c31-25(29-14-12-21(13-15-29)17-20-7-2-1-3-8-20)19-34-27-28-24-11-5-4-10-23(24)26(32)30(27)18-22-9-6-16-33-22/h1-5,7-8,10-11,21-22H,6,9,12-19H2/t22-/m1/s1. The van der Waals surface area contributed by atoms with Crippen LogP contribution < -0.4 is 5.56 Å². The fourth-order valence-electron chi connectivity index (χ4n) is 4.96. The highest BCUT2D eigenvalue weighted by molar-refractivity contribution is 7.99. The van der Waals surface area contributed by atoms with Crippen LogP contribution >= 0.6 is 11.8 Å². The molecule has 34 heavy (non-hydrogen) atoms. The van der Waals surface area contributed by atoms with Gasteiger partial charge in [0.2, 0.25) is 5.91 Å². The Morgan fingerprint density at radius 2 is 1.79 bits per heavy atom. The van der Waals surface area contributed by atoms with Gasteiger partial charge in [-0.3, -0.25) is 14.2 Å². The Morgan fingerprint density at radius 3 is 2.56 bits per heavy atom. The molecule has 0 aliphatic carbocycles. The largest absolute Gasteiger partial charge is 0.376 e. The Labute approximate surface area is 204 Å². The zero-order valence-electron chi connectivity index (χ0n) is 19.4. The number of piperidine rings is 1. The van der Waals surface area contributed by atoms with Crippen LogP contribution in [0.4, 0.5) is 0 Å². The van der Waals surface area contributed by atoms with Gasteiger partial charge < -0.3 is 9.64 Å². The summed E-state index contributed by atoms with van der Waals surface area (Å²) in [6.45, 7) is 2.81. The molecule has 0 unspecified atom stereocenters. The van der Waals surface area contributed by atoms with Crippen molar-refractivity contribution < 1.29 is 9.53 Å². The van der Waals surface area contributed by atoms with E-state index >= 15 is 0 Å². The third kappa shape index (κ3) is 5.36. The van der Waals surface area contributed by atoms with E-state index in [4.69, 9.17) is 9.72 Å². The van der Waals surface area contributed by atoms with Crippen LogP contribution in [0.5, 0.6) is 0 Å². The number of aromatic nitrogens is 2. The Morgan fingerprint density at radius 1 is 1.03 bits per heavy atom. The van der Waals surface area contributed by atoms with Crippen LogP contribution in [0.3, 0.4) is 0 Å². The van der Waals surface area contributed by atoms with Crippen molar-refractivity contribution in [3.8, 4) is 0 Å². The lowest BCUT2D eigenvalue weighted by Crippen LogP contribution is -2.40. The van der Waals surface area contributed by atoms with Crippen molar-refractivity contribution in [3.05, 3.63) is 70.5 Å². The molecular weight excluding hydrogens is 446 g/mol. The molecule has 3 aromatic rings. The number of thioether (sulfide) groups is 1. The zero-order valence-corrected chi connectivity index (χ0v) is 20.2. The fraction of sp³-hybridized carbons (Fsp3) is 0.444. The van der Waals surface area contributed by atoms with Gasteiger partial charge in [0.05, 0.1) is 29.3 Å². The number of carbonyl (C=O) groups excluding carboxylic acids is 1. The number of benzene rings is 2. The first-order valence-electron chi connectivity index (χ1n) is 12.2. The van der Waals surface area contributed by atoms with Gasteiger partial charge in [-0.1, -0.05) is 54.2 Å². The van der Waals surface area contributed by atoms with Gasteiger partial charge in [0.15, 0.2) is 5.16 Å². The summed E-state index contributed by atoms with van der Waals surface area (Å²) in [7, 11) is 0. The van der Waals surface area contributed by atoms with Gasteiger partial charge in [0, 0.05) is 19.7 Å². The second-order valence-electron chi connectivity index (χ2n) is 9.26. The summed E-state index contributed by atoms with van der Waals surface area (Å²) in [5, 5.41) is 1.21. The van der Waals surface area contributed by atoms with E-state index in [-0.39, 0.29) is 17.6 Å². The summed E-state index contributed by atoms with van der Waals surface area (Å²) in [6, 6.07) is 18.0. The molecule has 0 saturated carbocycles. The van der Waals surface area contributed by atoms with Gasteiger partial charge in [-0.05, 0) is 55.7 Å². The van der Waals surface area contributed by atoms with E-state index in [9.17, 15) is 9.59 Å². The monoisotopic (exact) mass is 477 g/mol. The lowest BCUT2D eigenvalue weighted by atomic mass is 9.90. The highest BCUT2D eigenvalue weighted by Crippen LogP contribution is 2.24. The van der Waals surface area contributed by atoms with Gasteiger partial charge in [-0.15, -0.1) is 0 Å². The number of fused-ring (bicyclic) bond motifs is 1. The fourth-order valence-corrected chi connectivity index (χ4v) is 5.87. The van der Waals surface area contributed by atoms with E-state index in [1.807, 2.05) is 35.2 Å². The Bertz CT molecular complexity index is 1180. The Balaban J connectivity index is 1.23. The summed E-state index contributed by atoms with van der Waals surface area (Å²) in [5.74, 6) is 1.03. The van der Waals surface area contributed by atoms with E-state index in [1.165, 1.54) is 17.3 Å². The average molecular weight is 478 g/mol. The van der Waals surface area contributed by atoms with Crippen LogP contribution in [-0.2, 0) is 22.5 Å². The number of hydrogen-bond donors (Lipinski definition) is 0. The van der Waals surface area contributed by atoms with Crippen LogP contribution in [0.25, 0.3) is 10.9 Å². The van der Waals surface area contributed by atoms with Gasteiger partial charge in [0.1, 0.15) is 0 Å². The molecule has 0 N–H and O–H groups in total. The number of hydrogen-bond acceptors (Lipinski definition) is 5. The summed E-state index contributed by atoms with van der Waals surface area (Å²) < 4.78 is 7.49. The molecule has 2 aromatic carbocycles. The molecule has 1 atom stereocenters. The highest BCUT2D eigenvalue weighted by atomic mass is 32.2. The van der Waals surface area contributed by atoms with E-state index in [2.05, 4.69) is 24.3 Å². The minimum Gasteiger partial charge on any atom is -0.376 e. The third-order valence-corrected chi connectivity index (χ3v) is 7.86. The minimum absolute atomic E-state index is 0.0272. The van der Waals surface area contributed by atoms with Crippen molar-refractivity contribution in [2.45, 2.75) is 49.9 Å². The SMILES string of the molecule is O=C(CSc1nc2ccccc2c(=O)n1C[C@H]1CCCO1)N1CCC(Cc2ccccc2)CC1. The molecule has 2 aliphatic heterocycles. The first-order chi connectivity index (χ1) is 16.7. The molecule has 2 aliphatic rings. The zero-order chi connectivity index (χ0) is 23.3. The lowest BCUT2D eigenvalue weighted by molar-refractivity contribution is -0.129. The molecule has 7 heteroatoms. The number of nitrogens with zero attached hydrogens (tertiary/aromatic N) is 3. The van der Waals surface area contributed by atoms with E-state index in [0.717, 1.165) is 51.8 Å². The lowest BCUT2D eigenvalue weighted by Gasteiger charge is -2.32. The first kappa shape index (κ1) is 23.1. The molecule has 0 spiro atoms. The van der Waals surface area contributed by atoms with Crippen LogP contribution in [0.1, 0.15) is 31.2 Å². The summed E-state index contributed by atoms with van der Waals surface area (Å²) in [5.41, 5.74) is 1.99. The maximum atomic E-state index is 13.2. The van der Waals surface area contributed by atoms with Crippen molar-refractivity contribution in [2.75, 3.05) is 25.4 Å². The molecule has 2 fully saturated rings. The molecule has 2 saturated heterocycles. The normalized spacial score (nSPS) is 19.1. The third-order valence-electron chi connectivity index (χ3n) is 6.90. The summed E-state index contributed by atoms with van der Waals surface area (Å²) in [6.07, 6.45) is 5.13. The molecule has 178 valence electrons. The number of rotatable bonds is 7. The van der Waals surface area contributed by atoms with E-state index in [0.29, 0.717) is 34.3 Å². The van der Waals surface area contributed by atoms with Crippen molar-refractivity contribution in [3.63, 3.8) is 0 Å². The van der Waals surface area contributed by atoms with Crippen LogP contribution in [0.15, 0.2) is 64.5 Å². The second-order valence-corrected chi connectivity index (χ2v) is 10.2. The van der Waals surface area contributed by atoms with Crippen molar-refractivity contribution in [1.82, 2.24) is 14.5 Å². The Hall–Kier alpha value is -2.64. The smallest absolute Gasteiger partial charge is 0.262 e. The predicted molar refractivity (Wildman–Crippen MR) is 135 cm³/mol. The maximum Gasteiger partial charge on any atom is 0.262 e. The maximum absolute atomic E-state index is 13.2. The molecule has 0 radical (unpaired) electrons. The molecule has 3 heterocycles. The van der Waals surface area contributed by atoms with E-state index < -0.39 is 0 Å². The van der Waals surface area contributed by atoms with Gasteiger partial charge >= 0.3 is 0 Å². The molecule has 5 rings (SSSR count). The van der Waals surface area contributed by atoms with E-state index in [1.54, 1.807) is 4.57 Å². The van der Waals surface area contributed by atoms with Gasteiger partial charge in [-0.25, -0.2) is 4.98 Å². The number of likely N-dealkylation sites (tertiary alicyclic amines) is 1. The van der Waals surface area contributed by atoms with Crippen molar-refractivity contribution in [1.29, 1.82) is 0 Å². The molecular formula is C27H31N3O3S. The number of para-hydroxylation sites is 1. The summed E-state index contributed by atoms with van der Waals surface area (Å²) in [4.78, 5) is 33.0. The quantitative estimate of drug-likeness (QED) is 0.378. The van der Waals surface area contributed by atoms with Crippen LogP contribution in [0, 0.1) is 5.92 Å². The van der Waals surface area contributed by atoms with Gasteiger partial charge in [-0.2, -0.15) is 0 Å². The molecule has 6 nitrogen and oxygen atoms in total. The van der Waals surface area contributed by atoms with Gasteiger partial charge in [0.25, 0.3) is 5.56 Å². The minimum atomic E-state index is -0.0576. The number of ether oxygens (including phenoxy) is 1. The predicted octanol–water partition coefficient (Wildman–Crippen LogP) is 4.15. The average Bonchev–Trinajstić information content (AvgIpc) is 3.39. The topological polar surface area (TPSA) is 64.4 Å². The van der Waals surface area contributed by atoms with Crippen LogP contribution in [0.2, 0.25) is 0 Å². The Kier molecular flexibility index (Phi) is 7.30. The molecule has 0 bridgehead atoms. The number of carbonyl (C=O) groups is 1. The first-order valence-corrected chi connectivity index (χ1v) is 13.2. The molecule has 1 amide bonds. The summed E-state index contributed by atoms with van der Waals surface area (Å²) >= 11 is 1.37. The number of amides is 1. The van der Waals surface area contributed by atoms with Crippen molar-refractivity contribution in [2.24, 2.45) is 5.92 Å².